The second kappa shape index (κ2) is 10.7. The number of hydrogen-bond acceptors (Lipinski definition) is 8. The lowest BCUT2D eigenvalue weighted by Crippen LogP contribution is -2.36. The molecule has 0 radical (unpaired) electrons. The molecule has 3 heterocycles. The molecule has 1 aliphatic heterocycles. The predicted molar refractivity (Wildman–Crippen MR) is 134 cm³/mol. The van der Waals surface area contributed by atoms with Crippen molar-refractivity contribution < 1.29 is 14.6 Å². The average Bonchev–Trinajstić information content (AvgIpc) is 3.50. The number of amides is 1. The van der Waals surface area contributed by atoms with Crippen LogP contribution < -0.4 is 15.4 Å². The maximum Gasteiger partial charge on any atom is 0.270 e. The Hall–Kier alpha value is -2.75. The molecule has 3 N–H and O–H groups in total. The molecule has 2 aromatic heterocycles. The maximum atomic E-state index is 12.5. The van der Waals surface area contributed by atoms with Gasteiger partial charge in [-0.1, -0.05) is 24.2 Å². The lowest BCUT2D eigenvalue weighted by Gasteiger charge is -2.27. The highest BCUT2D eigenvalue weighted by Crippen LogP contribution is 2.33. The topological polar surface area (TPSA) is 99.6 Å². The number of benzene rings is 1. The van der Waals surface area contributed by atoms with Crippen molar-refractivity contribution in [2.75, 3.05) is 31.5 Å². The number of likely N-dealkylation sites (tertiary alicyclic amines) is 1. The summed E-state index contributed by atoms with van der Waals surface area (Å²) in [5.74, 6) is 1.04. The molecule has 2 fully saturated rings. The summed E-state index contributed by atoms with van der Waals surface area (Å²) in [6, 6.07) is 9.22. The van der Waals surface area contributed by atoms with Crippen molar-refractivity contribution in [3.63, 3.8) is 0 Å². The van der Waals surface area contributed by atoms with E-state index in [4.69, 9.17) is 4.74 Å². The molecule has 0 spiro atoms. The van der Waals surface area contributed by atoms with Gasteiger partial charge in [0.15, 0.2) is 5.13 Å². The number of nitrogens with one attached hydrogen (secondary N) is 2. The number of pyridine rings is 1. The molecule has 8 nitrogen and oxygen atoms in total. The van der Waals surface area contributed by atoms with Crippen molar-refractivity contribution in [3.8, 4) is 11.5 Å². The summed E-state index contributed by atoms with van der Waals surface area (Å²) in [5, 5.41) is 17.4. The lowest BCUT2D eigenvalue weighted by molar-refractivity contribution is 0.0944. The van der Waals surface area contributed by atoms with E-state index in [9.17, 15) is 9.90 Å². The summed E-state index contributed by atoms with van der Waals surface area (Å²) in [4.78, 5) is 23.7. The number of ether oxygens (including phenoxy) is 1. The van der Waals surface area contributed by atoms with Crippen LogP contribution in [0.2, 0.25) is 0 Å². The van der Waals surface area contributed by atoms with Crippen LogP contribution in [0.15, 0.2) is 36.5 Å². The fraction of sp³-hybridized carbons (Fsp3) is 0.480. The van der Waals surface area contributed by atoms with Gasteiger partial charge in [-0.3, -0.25) is 9.78 Å². The van der Waals surface area contributed by atoms with Crippen LogP contribution in [0.1, 0.15) is 49.0 Å². The third-order valence-electron chi connectivity index (χ3n) is 6.51. The molecule has 0 bridgehead atoms. The first-order valence-electron chi connectivity index (χ1n) is 12.1. The van der Waals surface area contributed by atoms with Crippen LogP contribution in [0.5, 0.6) is 11.5 Å². The smallest absolute Gasteiger partial charge is 0.270 e. The number of nitrogens with zero attached hydrogens (tertiary/aromatic N) is 3. The van der Waals surface area contributed by atoms with Crippen LogP contribution in [0, 0.1) is 0 Å². The largest absolute Gasteiger partial charge is 0.457 e. The number of anilines is 1. The fourth-order valence-electron chi connectivity index (χ4n) is 4.63. The minimum absolute atomic E-state index is 0.0572. The van der Waals surface area contributed by atoms with Crippen LogP contribution in [0.25, 0.3) is 10.2 Å². The number of aliphatic hydroxyl groups excluding tert-OH is 1. The van der Waals surface area contributed by atoms with E-state index in [1.54, 1.807) is 29.7 Å². The number of aromatic nitrogens is 2. The van der Waals surface area contributed by atoms with Crippen molar-refractivity contribution in [1.29, 1.82) is 0 Å². The average molecular weight is 482 g/mol. The SMILES string of the molecule is O=C(NCCN1CCCC1)c1cc(Oc2ccc3nc(N[C@@H]4CCCC[C@H]4O)sc3c2)ccn1. The Kier molecular flexibility index (Phi) is 7.22. The van der Waals surface area contributed by atoms with Gasteiger partial charge in [-0.2, -0.15) is 0 Å². The molecule has 1 aliphatic carbocycles. The first-order chi connectivity index (χ1) is 16.6. The molecule has 1 amide bonds. The van der Waals surface area contributed by atoms with Gasteiger partial charge < -0.3 is 25.4 Å². The van der Waals surface area contributed by atoms with E-state index >= 15 is 0 Å². The molecule has 2 aliphatic rings. The summed E-state index contributed by atoms with van der Waals surface area (Å²) in [6.45, 7) is 3.71. The molecule has 1 aromatic carbocycles. The van der Waals surface area contributed by atoms with Gasteiger partial charge in [0.25, 0.3) is 5.91 Å². The van der Waals surface area contributed by atoms with Crippen molar-refractivity contribution in [2.24, 2.45) is 0 Å². The van der Waals surface area contributed by atoms with Crippen LogP contribution in [-0.2, 0) is 0 Å². The highest BCUT2D eigenvalue weighted by atomic mass is 32.1. The van der Waals surface area contributed by atoms with Crippen molar-refractivity contribution in [1.82, 2.24) is 20.2 Å². The predicted octanol–water partition coefficient (Wildman–Crippen LogP) is 4.02. The van der Waals surface area contributed by atoms with Gasteiger partial charge in [0, 0.05) is 31.4 Å². The molecule has 34 heavy (non-hydrogen) atoms. The lowest BCUT2D eigenvalue weighted by atomic mass is 9.93. The molecular formula is C25H31N5O3S. The number of hydrogen-bond donors (Lipinski definition) is 3. The molecule has 2 atom stereocenters. The quantitative estimate of drug-likeness (QED) is 0.447. The second-order valence-electron chi connectivity index (χ2n) is 9.03. The Labute approximate surface area is 203 Å². The number of aliphatic hydroxyl groups is 1. The Morgan fingerprint density at radius 2 is 1.94 bits per heavy atom. The molecule has 3 aromatic rings. The number of thiazole rings is 1. The van der Waals surface area contributed by atoms with Gasteiger partial charge >= 0.3 is 0 Å². The summed E-state index contributed by atoms with van der Waals surface area (Å²) < 4.78 is 7.03. The van der Waals surface area contributed by atoms with Crippen LogP contribution in [0.3, 0.4) is 0 Å². The third kappa shape index (κ3) is 5.65. The van der Waals surface area contributed by atoms with Crippen LogP contribution in [-0.4, -0.2) is 64.2 Å². The Bertz CT molecular complexity index is 1130. The number of fused-ring (bicyclic) bond motifs is 1. The summed E-state index contributed by atoms with van der Waals surface area (Å²) >= 11 is 1.55. The van der Waals surface area contributed by atoms with Crippen molar-refractivity contribution >= 4 is 32.6 Å². The maximum absolute atomic E-state index is 12.5. The zero-order chi connectivity index (χ0) is 23.3. The zero-order valence-corrected chi connectivity index (χ0v) is 20.0. The number of rotatable bonds is 8. The van der Waals surface area contributed by atoms with Gasteiger partial charge in [0.2, 0.25) is 0 Å². The van der Waals surface area contributed by atoms with Crippen molar-refractivity contribution in [2.45, 2.75) is 50.7 Å². The van der Waals surface area contributed by atoms with E-state index in [2.05, 4.69) is 25.5 Å². The highest BCUT2D eigenvalue weighted by Gasteiger charge is 2.23. The van der Waals surface area contributed by atoms with E-state index in [1.807, 2.05) is 18.2 Å². The first-order valence-corrected chi connectivity index (χ1v) is 13.0. The first kappa shape index (κ1) is 23.0. The monoisotopic (exact) mass is 481 g/mol. The molecule has 0 unspecified atom stereocenters. The summed E-state index contributed by atoms with van der Waals surface area (Å²) in [6.07, 6.45) is 7.75. The molecular weight excluding hydrogens is 450 g/mol. The minimum atomic E-state index is -0.321. The van der Waals surface area contributed by atoms with Gasteiger partial charge in [0.1, 0.15) is 17.2 Å². The molecule has 5 rings (SSSR count). The standard InChI is InChI=1S/C25H31N5O3S/c31-22-6-2-1-5-19(22)28-25-29-20-8-7-17(16-23(20)34-25)33-18-9-10-26-21(15-18)24(32)27-11-14-30-12-3-4-13-30/h7-10,15-16,19,22,31H,1-6,11-14H2,(H,27,32)(H,28,29)/t19-,22-/m1/s1. The Balaban J connectivity index is 1.20. The van der Waals surface area contributed by atoms with Crippen LogP contribution >= 0.6 is 11.3 Å². The number of carbonyl (C=O) groups excluding carboxylic acids is 1. The van der Waals surface area contributed by atoms with Crippen molar-refractivity contribution in [3.05, 3.63) is 42.2 Å². The van der Waals surface area contributed by atoms with E-state index in [1.165, 1.54) is 12.8 Å². The van der Waals surface area contributed by atoms with E-state index < -0.39 is 0 Å². The highest BCUT2D eigenvalue weighted by molar-refractivity contribution is 7.22. The Morgan fingerprint density at radius 3 is 2.79 bits per heavy atom. The Morgan fingerprint density at radius 1 is 1.12 bits per heavy atom. The number of carbonyl (C=O) groups is 1. The van der Waals surface area contributed by atoms with E-state index in [0.29, 0.717) is 23.7 Å². The minimum Gasteiger partial charge on any atom is -0.457 e. The normalized spacial score (nSPS) is 21.0. The molecule has 1 saturated heterocycles. The zero-order valence-electron chi connectivity index (χ0n) is 19.2. The molecule has 9 heteroatoms. The van der Waals surface area contributed by atoms with E-state index in [0.717, 1.165) is 60.7 Å². The van der Waals surface area contributed by atoms with Crippen LogP contribution in [0.4, 0.5) is 5.13 Å². The van der Waals surface area contributed by atoms with Gasteiger partial charge in [-0.05, 0) is 57.0 Å². The summed E-state index contributed by atoms with van der Waals surface area (Å²) in [7, 11) is 0. The summed E-state index contributed by atoms with van der Waals surface area (Å²) in [5.41, 5.74) is 1.23. The van der Waals surface area contributed by atoms with Gasteiger partial charge in [-0.25, -0.2) is 4.98 Å². The van der Waals surface area contributed by atoms with Gasteiger partial charge in [0.05, 0.1) is 22.4 Å². The van der Waals surface area contributed by atoms with E-state index in [-0.39, 0.29) is 18.1 Å². The molecule has 180 valence electrons. The molecule has 1 saturated carbocycles. The second-order valence-corrected chi connectivity index (χ2v) is 10.1. The van der Waals surface area contributed by atoms with Gasteiger partial charge in [-0.15, -0.1) is 0 Å². The fourth-order valence-corrected chi connectivity index (χ4v) is 5.58. The third-order valence-corrected chi connectivity index (χ3v) is 7.46.